The lowest BCUT2D eigenvalue weighted by molar-refractivity contribution is -0.121. The summed E-state index contributed by atoms with van der Waals surface area (Å²) in [6, 6.07) is 10.6. The van der Waals surface area contributed by atoms with Crippen LogP contribution in [0.15, 0.2) is 47.4 Å². The Morgan fingerprint density at radius 3 is 2.71 bits per heavy atom. The lowest BCUT2D eigenvalue weighted by Crippen LogP contribution is -2.34. The van der Waals surface area contributed by atoms with E-state index in [4.69, 9.17) is 4.74 Å². The van der Waals surface area contributed by atoms with Gasteiger partial charge < -0.3 is 10.1 Å². The summed E-state index contributed by atoms with van der Waals surface area (Å²) in [5, 5.41) is 6.60. The highest BCUT2D eigenvalue weighted by atomic mass is 16.5. The smallest absolute Gasteiger partial charge is 0.267 e. The molecule has 2 rings (SSSR count). The number of amides is 1. The number of nitrogens with one attached hydrogen (secondary N) is 1. The van der Waals surface area contributed by atoms with Gasteiger partial charge in [-0.05, 0) is 30.2 Å². The number of benzene rings is 1. The van der Waals surface area contributed by atoms with Crippen molar-refractivity contribution in [1.82, 2.24) is 15.1 Å². The molecule has 0 fully saturated rings. The molecule has 0 radical (unpaired) electrons. The van der Waals surface area contributed by atoms with Crippen LogP contribution in [0.5, 0.6) is 5.75 Å². The van der Waals surface area contributed by atoms with Crippen LogP contribution >= 0.6 is 0 Å². The van der Waals surface area contributed by atoms with Crippen molar-refractivity contribution in [3.8, 4) is 5.75 Å². The average molecular weight is 287 g/mol. The fourth-order valence-electron chi connectivity index (χ4n) is 1.84. The van der Waals surface area contributed by atoms with Gasteiger partial charge in [0.25, 0.3) is 5.56 Å². The Kier molecular flexibility index (Phi) is 5.09. The molecule has 110 valence electrons. The Morgan fingerprint density at radius 2 is 2.05 bits per heavy atom. The van der Waals surface area contributed by atoms with E-state index in [0.717, 1.165) is 16.0 Å². The standard InChI is InChI=1S/C15H17N3O3/c1-21-13-6-4-12(5-7-13)8-10-16-14(19)11-18-15(20)3-2-9-17-18/h2-7,9H,8,10-11H2,1H3,(H,16,19). The van der Waals surface area contributed by atoms with E-state index < -0.39 is 0 Å². The monoisotopic (exact) mass is 287 g/mol. The molecule has 0 saturated heterocycles. The van der Waals surface area contributed by atoms with Gasteiger partial charge in [0, 0.05) is 18.8 Å². The maximum absolute atomic E-state index is 11.7. The Labute approximate surface area is 122 Å². The molecule has 0 saturated carbocycles. The number of hydrogen-bond acceptors (Lipinski definition) is 4. The molecule has 2 aromatic rings. The molecule has 21 heavy (non-hydrogen) atoms. The van der Waals surface area contributed by atoms with Crippen LogP contribution in [0.4, 0.5) is 0 Å². The molecule has 1 aromatic carbocycles. The molecule has 1 aromatic heterocycles. The van der Waals surface area contributed by atoms with E-state index in [1.165, 1.54) is 12.3 Å². The van der Waals surface area contributed by atoms with Crippen LogP contribution in [0.25, 0.3) is 0 Å². The third-order valence-corrected chi connectivity index (χ3v) is 2.97. The van der Waals surface area contributed by atoms with Crippen molar-refractivity contribution in [2.75, 3.05) is 13.7 Å². The molecule has 0 aliphatic carbocycles. The molecule has 0 aliphatic heterocycles. The summed E-state index contributed by atoms with van der Waals surface area (Å²) in [6.07, 6.45) is 2.19. The molecule has 0 bridgehead atoms. The summed E-state index contributed by atoms with van der Waals surface area (Å²) in [6.45, 7) is 0.440. The first-order chi connectivity index (χ1) is 10.2. The maximum Gasteiger partial charge on any atom is 0.267 e. The summed E-state index contributed by atoms with van der Waals surface area (Å²) < 4.78 is 6.21. The van der Waals surface area contributed by atoms with Gasteiger partial charge in [0.2, 0.25) is 5.91 Å². The van der Waals surface area contributed by atoms with E-state index in [1.807, 2.05) is 24.3 Å². The first kappa shape index (κ1) is 14.8. The quantitative estimate of drug-likeness (QED) is 0.845. The highest BCUT2D eigenvalue weighted by molar-refractivity contribution is 5.75. The predicted octanol–water partition coefficient (Wildman–Crippen LogP) is 0.611. The zero-order chi connectivity index (χ0) is 15.1. The van der Waals surface area contributed by atoms with E-state index >= 15 is 0 Å². The Morgan fingerprint density at radius 1 is 1.29 bits per heavy atom. The molecule has 1 heterocycles. The minimum atomic E-state index is -0.289. The third kappa shape index (κ3) is 4.45. The molecule has 0 unspecified atom stereocenters. The zero-order valence-corrected chi connectivity index (χ0v) is 11.8. The number of rotatable bonds is 6. The van der Waals surface area contributed by atoms with Crippen molar-refractivity contribution < 1.29 is 9.53 Å². The highest BCUT2D eigenvalue weighted by Gasteiger charge is 2.04. The first-order valence-corrected chi connectivity index (χ1v) is 6.61. The summed E-state index contributed by atoms with van der Waals surface area (Å²) in [7, 11) is 1.62. The Bertz CT molecular complexity index is 650. The fraction of sp³-hybridized carbons (Fsp3) is 0.267. The second kappa shape index (κ2) is 7.23. The summed E-state index contributed by atoms with van der Waals surface area (Å²) in [5.41, 5.74) is 0.814. The van der Waals surface area contributed by atoms with Gasteiger partial charge in [-0.1, -0.05) is 12.1 Å². The van der Waals surface area contributed by atoms with Gasteiger partial charge in [-0.25, -0.2) is 4.68 Å². The van der Waals surface area contributed by atoms with Gasteiger partial charge in [0.1, 0.15) is 12.3 Å². The zero-order valence-electron chi connectivity index (χ0n) is 11.8. The normalized spacial score (nSPS) is 10.1. The molecule has 1 N–H and O–H groups in total. The molecule has 6 heteroatoms. The largest absolute Gasteiger partial charge is 0.497 e. The lowest BCUT2D eigenvalue weighted by Gasteiger charge is -2.07. The van der Waals surface area contributed by atoms with Gasteiger partial charge in [-0.15, -0.1) is 0 Å². The van der Waals surface area contributed by atoms with Gasteiger partial charge >= 0.3 is 0 Å². The van der Waals surface area contributed by atoms with Crippen LogP contribution < -0.4 is 15.6 Å². The lowest BCUT2D eigenvalue weighted by atomic mass is 10.1. The number of methoxy groups -OCH3 is 1. The topological polar surface area (TPSA) is 73.2 Å². The predicted molar refractivity (Wildman–Crippen MR) is 78.2 cm³/mol. The van der Waals surface area contributed by atoms with Crippen LogP contribution in [0.3, 0.4) is 0 Å². The van der Waals surface area contributed by atoms with Crippen molar-refractivity contribution in [2.45, 2.75) is 13.0 Å². The second-order valence-electron chi connectivity index (χ2n) is 4.47. The average Bonchev–Trinajstić information content (AvgIpc) is 2.50. The molecule has 0 aliphatic rings. The summed E-state index contributed by atoms with van der Waals surface area (Å²) in [5.74, 6) is 0.571. The van der Waals surface area contributed by atoms with Crippen molar-refractivity contribution >= 4 is 5.91 Å². The van der Waals surface area contributed by atoms with E-state index in [-0.39, 0.29) is 18.0 Å². The van der Waals surface area contributed by atoms with E-state index in [1.54, 1.807) is 13.2 Å². The number of ether oxygens (including phenoxy) is 1. The van der Waals surface area contributed by atoms with E-state index in [2.05, 4.69) is 10.4 Å². The minimum Gasteiger partial charge on any atom is -0.497 e. The molecule has 0 spiro atoms. The molecular weight excluding hydrogens is 270 g/mol. The SMILES string of the molecule is COc1ccc(CCNC(=O)Cn2ncccc2=O)cc1. The van der Waals surface area contributed by atoms with Crippen LogP contribution in [-0.4, -0.2) is 29.3 Å². The van der Waals surface area contributed by atoms with Gasteiger partial charge in [0.15, 0.2) is 0 Å². The van der Waals surface area contributed by atoms with E-state index in [9.17, 15) is 9.59 Å². The number of carbonyl (C=O) groups is 1. The number of aromatic nitrogens is 2. The van der Waals surface area contributed by atoms with Crippen LogP contribution in [0.2, 0.25) is 0 Å². The third-order valence-electron chi connectivity index (χ3n) is 2.97. The van der Waals surface area contributed by atoms with Gasteiger partial charge in [-0.3, -0.25) is 9.59 Å². The van der Waals surface area contributed by atoms with Crippen molar-refractivity contribution in [2.24, 2.45) is 0 Å². The molecule has 0 atom stereocenters. The van der Waals surface area contributed by atoms with Crippen molar-refractivity contribution in [3.05, 3.63) is 58.5 Å². The van der Waals surface area contributed by atoms with Crippen LogP contribution in [0.1, 0.15) is 5.56 Å². The summed E-state index contributed by atoms with van der Waals surface area (Å²) in [4.78, 5) is 23.1. The van der Waals surface area contributed by atoms with Gasteiger partial charge in [-0.2, -0.15) is 5.10 Å². The number of carbonyl (C=O) groups excluding carboxylic acids is 1. The van der Waals surface area contributed by atoms with Crippen LogP contribution in [-0.2, 0) is 17.8 Å². The Hall–Kier alpha value is -2.63. The summed E-state index contributed by atoms with van der Waals surface area (Å²) >= 11 is 0. The van der Waals surface area contributed by atoms with Gasteiger partial charge in [0.05, 0.1) is 7.11 Å². The number of nitrogens with zero attached hydrogens (tertiary/aromatic N) is 2. The molecular formula is C15H17N3O3. The minimum absolute atomic E-state index is 0.0672. The second-order valence-corrected chi connectivity index (χ2v) is 4.47. The number of hydrogen-bond donors (Lipinski definition) is 1. The maximum atomic E-state index is 11.7. The fourth-order valence-corrected chi connectivity index (χ4v) is 1.84. The van der Waals surface area contributed by atoms with E-state index in [0.29, 0.717) is 13.0 Å². The van der Waals surface area contributed by atoms with Crippen molar-refractivity contribution in [3.63, 3.8) is 0 Å². The van der Waals surface area contributed by atoms with Crippen LogP contribution in [0, 0.1) is 0 Å². The van der Waals surface area contributed by atoms with Crippen molar-refractivity contribution in [1.29, 1.82) is 0 Å². The highest BCUT2D eigenvalue weighted by Crippen LogP contribution is 2.11. The molecule has 6 nitrogen and oxygen atoms in total. The first-order valence-electron chi connectivity index (χ1n) is 6.61. The Balaban J connectivity index is 1.79. The molecule has 1 amide bonds.